The fourth-order valence-corrected chi connectivity index (χ4v) is 2.56. The molecule has 0 atom stereocenters. The van der Waals surface area contributed by atoms with Crippen LogP contribution in [0.5, 0.6) is 0 Å². The number of nitrogens with zero attached hydrogens (tertiary/aromatic N) is 3. The highest BCUT2D eigenvalue weighted by Crippen LogP contribution is 2.15. The lowest BCUT2D eigenvalue weighted by Crippen LogP contribution is -2.37. The van der Waals surface area contributed by atoms with E-state index in [1.165, 1.54) is 0 Å². The summed E-state index contributed by atoms with van der Waals surface area (Å²) in [4.78, 5) is 23.0. The maximum atomic E-state index is 12.1. The van der Waals surface area contributed by atoms with Gasteiger partial charge in [-0.15, -0.1) is 0 Å². The summed E-state index contributed by atoms with van der Waals surface area (Å²) in [7, 11) is 0. The second kappa shape index (κ2) is 7.39. The van der Waals surface area contributed by atoms with Crippen LogP contribution in [-0.2, 0) is 11.3 Å². The molecular formula is C16H17ClN4O2. The summed E-state index contributed by atoms with van der Waals surface area (Å²) < 4.78 is 5.34. The third kappa shape index (κ3) is 3.97. The molecule has 2 aromatic rings. The Morgan fingerprint density at radius 3 is 2.83 bits per heavy atom. The number of hydrogen-bond donors (Lipinski definition) is 1. The lowest BCUT2D eigenvalue weighted by atomic mass is 10.2. The predicted molar refractivity (Wildman–Crippen MR) is 87.7 cm³/mol. The largest absolute Gasteiger partial charge is 0.378 e. The van der Waals surface area contributed by atoms with Crippen molar-refractivity contribution < 1.29 is 9.53 Å². The smallest absolute Gasteiger partial charge is 0.253 e. The van der Waals surface area contributed by atoms with Crippen LogP contribution in [0.15, 0.2) is 36.5 Å². The number of benzene rings is 1. The first-order valence-corrected chi connectivity index (χ1v) is 7.79. The van der Waals surface area contributed by atoms with E-state index in [-0.39, 0.29) is 12.5 Å². The van der Waals surface area contributed by atoms with Gasteiger partial charge < -0.3 is 15.0 Å². The summed E-state index contributed by atoms with van der Waals surface area (Å²) in [6, 6.07) is 8.80. The Labute approximate surface area is 139 Å². The van der Waals surface area contributed by atoms with Gasteiger partial charge in [-0.3, -0.25) is 4.79 Å². The fourth-order valence-electron chi connectivity index (χ4n) is 2.34. The first kappa shape index (κ1) is 15.7. The Bertz CT molecular complexity index is 689. The Balaban J connectivity index is 1.64. The third-order valence-corrected chi connectivity index (χ3v) is 3.88. The van der Waals surface area contributed by atoms with Crippen molar-refractivity contribution in [3.8, 4) is 0 Å². The van der Waals surface area contributed by atoms with Gasteiger partial charge in [0.25, 0.3) is 5.91 Å². The van der Waals surface area contributed by atoms with Gasteiger partial charge >= 0.3 is 0 Å². The van der Waals surface area contributed by atoms with Crippen molar-refractivity contribution in [1.29, 1.82) is 0 Å². The Kier molecular flexibility index (Phi) is 5.05. The third-order valence-electron chi connectivity index (χ3n) is 3.55. The van der Waals surface area contributed by atoms with E-state index in [0.29, 0.717) is 29.6 Å². The Morgan fingerprint density at radius 2 is 2.04 bits per heavy atom. The van der Waals surface area contributed by atoms with Gasteiger partial charge in [-0.25, -0.2) is 9.97 Å². The van der Waals surface area contributed by atoms with Gasteiger partial charge in [-0.1, -0.05) is 23.7 Å². The van der Waals surface area contributed by atoms with Crippen LogP contribution in [0.3, 0.4) is 0 Å². The lowest BCUT2D eigenvalue weighted by Gasteiger charge is -2.27. The molecule has 1 aromatic heterocycles. The Hall–Kier alpha value is -2.18. The minimum atomic E-state index is -0.240. The topological polar surface area (TPSA) is 67.4 Å². The molecular weight excluding hydrogens is 316 g/mol. The molecule has 1 aromatic carbocycles. The molecule has 3 rings (SSSR count). The van der Waals surface area contributed by atoms with Crippen LogP contribution in [0.2, 0.25) is 5.02 Å². The van der Waals surface area contributed by atoms with E-state index in [4.69, 9.17) is 16.3 Å². The zero-order chi connectivity index (χ0) is 16.1. The molecule has 1 aliphatic heterocycles. The minimum Gasteiger partial charge on any atom is -0.378 e. The van der Waals surface area contributed by atoms with Crippen LogP contribution < -0.4 is 10.2 Å². The zero-order valence-corrected chi connectivity index (χ0v) is 13.3. The van der Waals surface area contributed by atoms with E-state index >= 15 is 0 Å². The zero-order valence-electron chi connectivity index (χ0n) is 12.5. The molecule has 0 saturated carbocycles. The number of amides is 1. The van der Waals surface area contributed by atoms with Crippen molar-refractivity contribution in [2.75, 3.05) is 31.2 Å². The van der Waals surface area contributed by atoms with Gasteiger partial charge in [0.15, 0.2) is 0 Å². The predicted octanol–water partition coefficient (Wildman–Crippen LogP) is 1.90. The van der Waals surface area contributed by atoms with Crippen molar-refractivity contribution in [3.63, 3.8) is 0 Å². The average Bonchev–Trinajstić information content (AvgIpc) is 2.61. The van der Waals surface area contributed by atoms with Crippen LogP contribution in [0.25, 0.3) is 0 Å². The van der Waals surface area contributed by atoms with Crippen molar-refractivity contribution in [1.82, 2.24) is 15.3 Å². The SMILES string of the molecule is O=C(NCc1nccc(N2CCOCC2)n1)c1ccccc1Cl. The van der Waals surface area contributed by atoms with Crippen LogP contribution >= 0.6 is 11.6 Å². The van der Waals surface area contributed by atoms with E-state index in [9.17, 15) is 4.79 Å². The van der Waals surface area contributed by atoms with Crippen molar-refractivity contribution >= 4 is 23.3 Å². The number of anilines is 1. The normalized spacial score (nSPS) is 14.6. The number of carbonyl (C=O) groups is 1. The molecule has 0 aliphatic carbocycles. The number of morpholine rings is 1. The van der Waals surface area contributed by atoms with E-state index < -0.39 is 0 Å². The first-order valence-electron chi connectivity index (χ1n) is 7.41. The molecule has 7 heteroatoms. The molecule has 2 heterocycles. The van der Waals surface area contributed by atoms with Crippen LogP contribution in [-0.4, -0.2) is 42.2 Å². The summed E-state index contributed by atoms with van der Waals surface area (Å²) in [5.41, 5.74) is 0.443. The van der Waals surface area contributed by atoms with Gasteiger partial charge in [0.2, 0.25) is 0 Å². The monoisotopic (exact) mass is 332 g/mol. The molecule has 1 fully saturated rings. The molecule has 120 valence electrons. The maximum absolute atomic E-state index is 12.1. The number of hydrogen-bond acceptors (Lipinski definition) is 5. The average molecular weight is 333 g/mol. The van der Waals surface area contributed by atoms with Gasteiger partial charge in [0.1, 0.15) is 11.6 Å². The molecule has 23 heavy (non-hydrogen) atoms. The maximum Gasteiger partial charge on any atom is 0.253 e. The van der Waals surface area contributed by atoms with E-state index in [0.717, 1.165) is 18.9 Å². The minimum absolute atomic E-state index is 0.240. The molecule has 1 saturated heterocycles. The standard InChI is InChI=1S/C16H17ClN4O2/c17-13-4-2-1-3-12(13)16(22)19-11-14-18-6-5-15(20-14)21-7-9-23-10-8-21/h1-6H,7-11H2,(H,19,22). The van der Waals surface area contributed by atoms with E-state index in [2.05, 4.69) is 20.2 Å². The fraction of sp³-hybridized carbons (Fsp3) is 0.312. The highest BCUT2D eigenvalue weighted by atomic mass is 35.5. The molecule has 0 bridgehead atoms. The van der Waals surface area contributed by atoms with Crippen molar-refractivity contribution in [3.05, 3.63) is 52.9 Å². The molecule has 1 aliphatic rings. The highest BCUT2D eigenvalue weighted by Gasteiger charge is 2.14. The van der Waals surface area contributed by atoms with Gasteiger partial charge in [-0.2, -0.15) is 0 Å². The quantitative estimate of drug-likeness (QED) is 0.926. The lowest BCUT2D eigenvalue weighted by molar-refractivity contribution is 0.0950. The van der Waals surface area contributed by atoms with E-state index in [1.54, 1.807) is 30.5 Å². The molecule has 1 N–H and O–H groups in total. The van der Waals surface area contributed by atoms with E-state index in [1.807, 2.05) is 6.07 Å². The van der Waals surface area contributed by atoms with Gasteiger partial charge in [-0.05, 0) is 18.2 Å². The van der Waals surface area contributed by atoms with Crippen LogP contribution in [0, 0.1) is 0 Å². The molecule has 0 spiro atoms. The number of carbonyl (C=O) groups excluding carboxylic acids is 1. The first-order chi connectivity index (χ1) is 11.2. The number of rotatable bonds is 4. The molecule has 0 radical (unpaired) electrons. The summed E-state index contributed by atoms with van der Waals surface area (Å²) >= 11 is 6.02. The second-order valence-corrected chi connectivity index (χ2v) is 5.50. The molecule has 1 amide bonds. The Morgan fingerprint density at radius 1 is 1.26 bits per heavy atom. The number of halogens is 1. The van der Waals surface area contributed by atoms with Gasteiger partial charge in [0.05, 0.1) is 30.3 Å². The second-order valence-electron chi connectivity index (χ2n) is 5.09. The summed E-state index contributed by atoms with van der Waals surface area (Å²) in [5, 5.41) is 3.22. The number of nitrogens with one attached hydrogen (secondary N) is 1. The molecule has 6 nitrogen and oxygen atoms in total. The number of ether oxygens (including phenoxy) is 1. The summed E-state index contributed by atoms with van der Waals surface area (Å²) in [6.07, 6.45) is 1.70. The summed E-state index contributed by atoms with van der Waals surface area (Å²) in [6.45, 7) is 3.26. The molecule has 0 unspecified atom stereocenters. The van der Waals surface area contributed by atoms with Crippen LogP contribution in [0.4, 0.5) is 5.82 Å². The summed E-state index contributed by atoms with van der Waals surface area (Å²) in [5.74, 6) is 1.18. The van der Waals surface area contributed by atoms with Crippen molar-refractivity contribution in [2.24, 2.45) is 0 Å². The van der Waals surface area contributed by atoms with Gasteiger partial charge in [0, 0.05) is 19.3 Å². The highest BCUT2D eigenvalue weighted by molar-refractivity contribution is 6.33. The number of aromatic nitrogens is 2. The van der Waals surface area contributed by atoms with Crippen LogP contribution in [0.1, 0.15) is 16.2 Å². The van der Waals surface area contributed by atoms with Crippen molar-refractivity contribution in [2.45, 2.75) is 6.54 Å².